The maximum Gasteiger partial charge on any atom is 0.0795 e. The zero-order chi connectivity index (χ0) is 9.23. The van der Waals surface area contributed by atoms with E-state index in [-0.39, 0.29) is 13.2 Å². The second-order valence-corrected chi connectivity index (χ2v) is 2.44. The van der Waals surface area contributed by atoms with Crippen LogP contribution >= 0.6 is 0 Å². The van der Waals surface area contributed by atoms with Crippen molar-refractivity contribution < 1.29 is 19.7 Å². The van der Waals surface area contributed by atoms with Crippen molar-refractivity contribution in [1.29, 1.82) is 0 Å². The van der Waals surface area contributed by atoms with Gasteiger partial charge >= 0.3 is 0 Å². The highest BCUT2D eigenvalue weighted by Crippen LogP contribution is 1.91. The van der Waals surface area contributed by atoms with Gasteiger partial charge in [0.15, 0.2) is 0 Å². The van der Waals surface area contributed by atoms with Crippen molar-refractivity contribution in [2.75, 3.05) is 33.0 Å². The average molecular weight is 178 g/mol. The molecule has 2 N–H and O–H groups in total. The summed E-state index contributed by atoms with van der Waals surface area (Å²) in [7, 11) is 0. The predicted octanol–water partition coefficient (Wildman–Crippen LogP) is -0.217. The zero-order valence-corrected chi connectivity index (χ0v) is 7.53. The van der Waals surface area contributed by atoms with E-state index in [0.717, 1.165) is 0 Å². The highest BCUT2D eigenvalue weighted by molar-refractivity contribution is 4.51. The maximum atomic E-state index is 9.08. The van der Waals surface area contributed by atoms with Gasteiger partial charge in [0, 0.05) is 13.2 Å². The molecular formula is C8H18O4. The smallest absolute Gasteiger partial charge is 0.0795 e. The van der Waals surface area contributed by atoms with Crippen LogP contribution in [0.25, 0.3) is 0 Å². The second kappa shape index (κ2) is 8.93. The van der Waals surface area contributed by atoms with Crippen molar-refractivity contribution in [2.24, 2.45) is 0 Å². The van der Waals surface area contributed by atoms with E-state index in [1.165, 1.54) is 0 Å². The van der Waals surface area contributed by atoms with Gasteiger partial charge in [-0.1, -0.05) is 0 Å². The highest BCUT2D eigenvalue weighted by atomic mass is 16.5. The first kappa shape index (κ1) is 11.8. The molecule has 0 spiro atoms. The summed E-state index contributed by atoms with van der Waals surface area (Å²) >= 11 is 0. The lowest BCUT2D eigenvalue weighted by Gasteiger charge is -2.09. The molecule has 0 aromatic rings. The summed E-state index contributed by atoms with van der Waals surface area (Å²) in [5.74, 6) is 0. The first-order valence-corrected chi connectivity index (χ1v) is 4.25. The molecule has 0 rings (SSSR count). The molecule has 0 aliphatic heterocycles. The number of ether oxygens (including phenoxy) is 2. The van der Waals surface area contributed by atoms with E-state index in [2.05, 4.69) is 0 Å². The number of aliphatic hydroxyl groups is 2. The van der Waals surface area contributed by atoms with Gasteiger partial charge in [-0.15, -0.1) is 0 Å². The minimum Gasteiger partial charge on any atom is -0.396 e. The molecule has 0 fully saturated rings. The Bertz CT molecular complexity index is 87.1. The lowest BCUT2D eigenvalue weighted by molar-refractivity contribution is -0.00133. The summed E-state index contributed by atoms with van der Waals surface area (Å²) in [6.07, 6.45) is -0.189. The van der Waals surface area contributed by atoms with Gasteiger partial charge in [0.1, 0.15) is 0 Å². The third-order valence-corrected chi connectivity index (χ3v) is 1.35. The SMILES string of the molecule is CCOCCOCC(O)CCO. The quantitative estimate of drug-likeness (QED) is 0.505. The van der Waals surface area contributed by atoms with Crippen molar-refractivity contribution in [3.63, 3.8) is 0 Å². The van der Waals surface area contributed by atoms with Gasteiger partial charge in [0.25, 0.3) is 0 Å². The number of hydrogen-bond acceptors (Lipinski definition) is 4. The van der Waals surface area contributed by atoms with Crippen LogP contribution in [0.4, 0.5) is 0 Å². The zero-order valence-electron chi connectivity index (χ0n) is 7.53. The summed E-state index contributed by atoms with van der Waals surface area (Å²) in [6.45, 7) is 3.92. The van der Waals surface area contributed by atoms with Crippen LogP contribution in [0, 0.1) is 0 Å². The number of aliphatic hydroxyl groups excluding tert-OH is 2. The van der Waals surface area contributed by atoms with Gasteiger partial charge in [-0.25, -0.2) is 0 Å². The van der Waals surface area contributed by atoms with Gasteiger partial charge in [0.2, 0.25) is 0 Å². The van der Waals surface area contributed by atoms with E-state index in [0.29, 0.717) is 26.2 Å². The normalized spacial score (nSPS) is 13.2. The largest absolute Gasteiger partial charge is 0.396 e. The van der Waals surface area contributed by atoms with E-state index in [1.807, 2.05) is 6.92 Å². The van der Waals surface area contributed by atoms with Crippen molar-refractivity contribution in [1.82, 2.24) is 0 Å². The van der Waals surface area contributed by atoms with E-state index < -0.39 is 6.10 Å². The van der Waals surface area contributed by atoms with Crippen LogP contribution in [0.5, 0.6) is 0 Å². The van der Waals surface area contributed by atoms with Crippen LogP contribution in [0.2, 0.25) is 0 Å². The molecule has 0 aliphatic rings. The molecule has 1 unspecified atom stereocenters. The third-order valence-electron chi connectivity index (χ3n) is 1.35. The monoisotopic (exact) mass is 178 g/mol. The van der Waals surface area contributed by atoms with Gasteiger partial charge in [0.05, 0.1) is 25.9 Å². The van der Waals surface area contributed by atoms with Gasteiger partial charge in [-0.2, -0.15) is 0 Å². The fourth-order valence-electron chi connectivity index (χ4n) is 0.714. The highest BCUT2D eigenvalue weighted by Gasteiger charge is 2.01. The van der Waals surface area contributed by atoms with E-state index >= 15 is 0 Å². The Balaban J connectivity index is 2.97. The molecule has 1 atom stereocenters. The van der Waals surface area contributed by atoms with E-state index in [1.54, 1.807) is 0 Å². The molecule has 4 heteroatoms. The van der Waals surface area contributed by atoms with Gasteiger partial charge in [-0.05, 0) is 13.3 Å². The van der Waals surface area contributed by atoms with Crippen LogP contribution in [0.15, 0.2) is 0 Å². The van der Waals surface area contributed by atoms with Crippen molar-refractivity contribution >= 4 is 0 Å². The van der Waals surface area contributed by atoms with Crippen LogP contribution < -0.4 is 0 Å². The minimum atomic E-state index is -0.559. The molecular weight excluding hydrogens is 160 g/mol. The first-order chi connectivity index (χ1) is 5.81. The Morgan fingerprint density at radius 2 is 1.92 bits per heavy atom. The second-order valence-electron chi connectivity index (χ2n) is 2.44. The summed E-state index contributed by atoms with van der Waals surface area (Å²) in [5.41, 5.74) is 0. The molecule has 74 valence electrons. The first-order valence-electron chi connectivity index (χ1n) is 4.25. The topological polar surface area (TPSA) is 58.9 Å². The fourth-order valence-corrected chi connectivity index (χ4v) is 0.714. The Kier molecular flexibility index (Phi) is 8.81. The molecule has 12 heavy (non-hydrogen) atoms. The van der Waals surface area contributed by atoms with E-state index in [4.69, 9.17) is 19.7 Å². The number of hydrogen-bond donors (Lipinski definition) is 2. The lowest BCUT2D eigenvalue weighted by Crippen LogP contribution is -2.18. The fraction of sp³-hybridized carbons (Fsp3) is 1.00. The molecule has 0 amide bonds. The summed E-state index contributed by atoms with van der Waals surface area (Å²) in [4.78, 5) is 0. The molecule has 0 aliphatic carbocycles. The summed E-state index contributed by atoms with van der Waals surface area (Å²) in [5, 5.41) is 17.5. The Morgan fingerprint density at radius 3 is 2.50 bits per heavy atom. The molecule has 0 heterocycles. The van der Waals surface area contributed by atoms with Crippen molar-refractivity contribution in [2.45, 2.75) is 19.4 Å². The average Bonchev–Trinajstić information content (AvgIpc) is 2.05. The Hall–Kier alpha value is -0.160. The van der Waals surface area contributed by atoms with Crippen molar-refractivity contribution in [3.05, 3.63) is 0 Å². The minimum absolute atomic E-state index is 0.00398. The molecule has 0 aromatic carbocycles. The van der Waals surface area contributed by atoms with Crippen LogP contribution in [-0.4, -0.2) is 49.4 Å². The molecule has 0 aromatic heterocycles. The molecule has 0 saturated heterocycles. The van der Waals surface area contributed by atoms with Crippen LogP contribution in [0.3, 0.4) is 0 Å². The van der Waals surface area contributed by atoms with E-state index in [9.17, 15) is 0 Å². The predicted molar refractivity (Wildman–Crippen MR) is 45.0 cm³/mol. The lowest BCUT2D eigenvalue weighted by atomic mass is 10.3. The van der Waals surface area contributed by atoms with Crippen LogP contribution in [0.1, 0.15) is 13.3 Å². The van der Waals surface area contributed by atoms with Gasteiger partial charge < -0.3 is 19.7 Å². The molecule has 0 bridgehead atoms. The maximum absolute atomic E-state index is 9.08. The summed E-state index contributed by atoms with van der Waals surface area (Å²) < 4.78 is 10.1. The molecule has 0 radical (unpaired) electrons. The summed E-state index contributed by atoms with van der Waals surface area (Å²) in [6, 6.07) is 0. The standard InChI is InChI=1S/C8H18O4/c1-2-11-5-6-12-7-8(10)3-4-9/h8-10H,2-7H2,1H3. The van der Waals surface area contributed by atoms with Gasteiger partial charge in [-0.3, -0.25) is 0 Å². The number of rotatable bonds is 8. The molecule has 0 saturated carbocycles. The third kappa shape index (κ3) is 7.94. The molecule has 4 nitrogen and oxygen atoms in total. The Morgan fingerprint density at radius 1 is 1.25 bits per heavy atom. The van der Waals surface area contributed by atoms with Crippen molar-refractivity contribution in [3.8, 4) is 0 Å². The Labute approximate surface area is 73.1 Å². The van der Waals surface area contributed by atoms with Crippen LogP contribution in [-0.2, 0) is 9.47 Å².